The van der Waals surface area contributed by atoms with E-state index in [2.05, 4.69) is 10.3 Å². The number of hydrogen-bond donors (Lipinski definition) is 2. The van der Waals surface area contributed by atoms with Crippen molar-refractivity contribution in [2.24, 2.45) is 10.7 Å². The molecule has 132 valence electrons. The predicted octanol–water partition coefficient (Wildman–Crippen LogP) is 1.36. The average Bonchev–Trinajstić information content (AvgIpc) is 3.19. The van der Waals surface area contributed by atoms with Gasteiger partial charge in [-0.05, 0) is 29.8 Å². The number of nitrogens with two attached hydrogens (primary N) is 1. The number of aliphatic imine (C=N–C) groups is 1. The molecule has 2 heterocycles. The summed E-state index contributed by atoms with van der Waals surface area (Å²) in [7, 11) is 0. The van der Waals surface area contributed by atoms with Crippen molar-refractivity contribution < 1.29 is 13.9 Å². The van der Waals surface area contributed by atoms with Crippen LogP contribution in [-0.2, 0) is 17.8 Å². The summed E-state index contributed by atoms with van der Waals surface area (Å²) >= 11 is 0. The Kier molecular flexibility index (Phi) is 5.69. The van der Waals surface area contributed by atoms with Crippen molar-refractivity contribution in [2.75, 3.05) is 26.3 Å². The third-order valence-electron chi connectivity index (χ3n) is 3.95. The fourth-order valence-electron chi connectivity index (χ4n) is 2.56. The highest BCUT2D eigenvalue weighted by Gasteiger charge is 2.12. The van der Waals surface area contributed by atoms with Gasteiger partial charge in [-0.15, -0.1) is 0 Å². The molecule has 1 saturated heterocycles. The van der Waals surface area contributed by atoms with Gasteiger partial charge in [-0.1, -0.05) is 12.1 Å². The molecule has 0 bridgehead atoms. The topological polar surface area (TPSA) is 93.1 Å². The molecule has 3 rings (SSSR count). The summed E-state index contributed by atoms with van der Waals surface area (Å²) in [6.07, 6.45) is 1.58. The number of furan rings is 1. The van der Waals surface area contributed by atoms with Crippen LogP contribution in [0.2, 0.25) is 0 Å². The first-order valence-electron chi connectivity index (χ1n) is 8.24. The lowest BCUT2D eigenvalue weighted by atomic mass is 10.1. The minimum atomic E-state index is -0.150. The van der Waals surface area contributed by atoms with Gasteiger partial charge in [0.15, 0.2) is 5.96 Å². The molecule has 1 fully saturated rings. The molecule has 1 aliphatic heterocycles. The SMILES string of the molecule is NC(=NCc1cccc(C(=O)NCc2ccco2)c1)N1CCOCC1. The first-order valence-corrected chi connectivity index (χ1v) is 8.24. The van der Waals surface area contributed by atoms with E-state index in [4.69, 9.17) is 14.9 Å². The van der Waals surface area contributed by atoms with Crippen LogP contribution in [0.4, 0.5) is 0 Å². The second-order valence-corrected chi connectivity index (χ2v) is 5.74. The molecule has 3 N–H and O–H groups in total. The number of guanidine groups is 1. The van der Waals surface area contributed by atoms with Crippen LogP contribution >= 0.6 is 0 Å². The summed E-state index contributed by atoms with van der Waals surface area (Å²) in [4.78, 5) is 18.7. The first kappa shape index (κ1) is 17.0. The summed E-state index contributed by atoms with van der Waals surface area (Å²) < 4.78 is 10.5. The molecule has 1 aliphatic rings. The highest BCUT2D eigenvalue weighted by Crippen LogP contribution is 2.08. The lowest BCUT2D eigenvalue weighted by Crippen LogP contribution is -2.44. The van der Waals surface area contributed by atoms with E-state index in [1.54, 1.807) is 18.4 Å². The minimum absolute atomic E-state index is 0.150. The summed E-state index contributed by atoms with van der Waals surface area (Å²) in [6.45, 7) is 3.64. The Hall–Kier alpha value is -2.80. The van der Waals surface area contributed by atoms with Gasteiger partial charge in [0, 0.05) is 18.7 Å². The van der Waals surface area contributed by atoms with Crippen LogP contribution in [0.25, 0.3) is 0 Å². The molecule has 0 saturated carbocycles. The standard InChI is InChI=1S/C18H22N4O3/c19-18(22-6-9-24-10-7-22)21-12-14-3-1-4-15(11-14)17(23)20-13-16-5-2-8-25-16/h1-5,8,11H,6-7,9-10,12-13H2,(H2,19,21)(H,20,23). The normalized spacial score (nSPS) is 15.2. The molecule has 1 aromatic carbocycles. The van der Waals surface area contributed by atoms with Crippen LogP contribution in [0.5, 0.6) is 0 Å². The van der Waals surface area contributed by atoms with Gasteiger partial charge in [0.25, 0.3) is 5.91 Å². The molecule has 0 spiro atoms. The molecule has 7 heteroatoms. The number of morpholine rings is 1. The molecule has 7 nitrogen and oxygen atoms in total. The van der Waals surface area contributed by atoms with Crippen molar-refractivity contribution in [1.82, 2.24) is 10.2 Å². The predicted molar refractivity (Wildman–Crippen MR) is 94.0 cm³/mol. The van der Waals surface area contributed by atoms with E-state index < -0.39 is 0 Å². The van der Waals surface area contributed by atoms with Crippen molar-refractivity contribution >= 4 is 11.9 Å². The van der Waals surface area contributed by atoms with Crippen molar-refractivity contribution in [1.29, 1.82) is 0 Å². The van der Waals surface area contributed by atoms with Crippen molar-refractivity contribution in [3.63, 3.8) is 0 Å². The van der Waals surface area contributed by atoms with Gasteiger partial charge in [-0.25, -0.2) is 4.99 Å². The number of carbonyl (C=O) groups excluding carboxylic acids is 1. The molecule has 1 amide bonds. The summed E-state index contributed by atoms with van der Waals surface area (Å²) in [5.41, 5.74) is 7.55. The van der Waals surface area contributed by atoms with E-state index >= 15 is 0 Å². The second-order valence-electron chi connectivity index (χ2n) is 5.74. The molecule has 0 radical (unpaired) electrons. The second kappa shape index (κ2) is 8.34. The number of nitrogens with one attached hydrogen (secondary N) is 1. The summed E-state index contributed by atoms with van der Waals surface area (Å²) in [5.74, 6) is 1.08. The maximum atomic E-state index is 12.2. The van der Waals surface area contributed by atoms with Crippen LogP contribution in [-0.4, -0.2) is 43.1 Å². The number of benzene rings is 1. The van der Waals surface area contributed by atoms with E-state index in [1.807, 2.05) is 29.2 Å². The zero-order chi connectivity index (χ0) is 17.5. The van der Waals surface area contributed by atoms with Gasteiger partial charge in [0.05, 0.1) is 32.6 Å². The summed E-state index contributed by atoms with van der Waals surface area (Å²) in [5, 5.41) is 2.83. The Morgan fingerprint density at radius 1 is 1.24 bits per heavy atom. The van der Waals surface area contributed by atoms with Gasteiger partial charge in [-0.3, -0.25) is 4.79 Å². The number of ether oxygens (including phenoxy) is 1. The smallest absolute Gasteiger partial charge is 0.251 e. The van der Waals surface area contributed by atoms with Crippen LogP contribution in [0.3, 0.4) is 0 Å². The average molecular weight is 342 g/mol. The van der Waals surface area contributed by atoms with Crippen LogP contribution in [0.1, 0.15) is 21.7 Å². The van der Waals surface area contributed by atoms with Gasteiger partial charge in [0.1, 0.15) is 5.76 Å². The number of rotatable bonds is 5. The molecule has 1 aromatic heterocycles. The number of nitrogens with zero attached hydrogens (tertiary/aromatic N) is 2. The summed E-state index contributed by atoms with van der Waals surface area (Å²) in [6, 6.07) is 11.0. The zero-order valence-electron chi connectivity index (χ0n) is 14.0. The zero-order valence-corrected chi connectivity index (χ0v) is 14.0. The highest BCUT2D eigenvalue weighted by molar-refractivity contribution is 5.94. The lowest BCUT2D eigenvalue weighted by molar-refractivity contribution is 0.0674. The van der Waals surface area contributed by atoms with E-state index in [9.17, 15) is 4.79 Å². The molecule has 0 aliphatic carbocycles. The quantitative estimate of drug-likeness (QED) is 0.632. The number of hydrogen-bond acceptors (Lipinski definition) is 4. The van der Waals surface area contributed by atoms with Gasteiger partial charge >= 0.3 is 0 Å². The third-order valence-corrected chi connectivity index (χ3v) is 3.95. The van der Waals surface area contributed by atoms with Crippen molar-refractivity contribution in [3.05, 3.63) is 59.5 Å². The Labute approximate surface area is 146 Å². The highest BCUT2D eigenvalue weighted by atomic mass is 16.5. The third kappa shape index (κ3) is 4.84. The molecule has 0 atom stereocenters. The Balaban J connectivity index is 1.57. The Morgan fingerprint density at radius 3 is 2.84 bits per heavy atom. The van der Waals surface area contributed by atoms with E-state index in [-0.39, 0.29) is 5.91 Å². The monoisotopic (exact) mass is 342 g/mol. The number of carbonyl (C=O) groups is 1. The molecule has 2 aromatic rings. The molecular formula is C18H22N4O3. The molecular weight excluding hydrogens is 320 g/mol. The van der Waals surface area contributed by atoms with Gasteiger partial charge < -0.3 is 25.1 Å². The van der Waals surface area contributed by atoms with E-state index in [0.717, 1.165) is 18.7 Å². The van der Waals surface area contributed by atoms with Gasteiger partial charge in [-0.2, -0.15) is 0 Å². The Bertz CT molecular complexity index is 722. The first-order chi connectivity index (χ1) is 12.2. The van der Waals surface area contributed by atoms with Crippen molar-refractivity contribution in [3.8, 4) is 0 Å². The Morgan fingerprint density at radius 2 is 2.08 bits per heavy atom. The fourth-order valence-corrected chi connectivity index (χ4v) is 2.56. The molecule has 0 unspecified atom stereocenters. The largest absolute Gasteiger partial charge is 0.467 e. The maximum Gasteiger partial charge on any atom is 0.251 e. The van der Waals surface area contributed by atoms with Crippen LogP contribution in [0, 0.1) is 0 Å². The maximum absolute atomic E-state index is 12.2. The lowest BCUT2D eigenvalue weighted by Gasteiger charge is -2.27. The van der Waals surface area contributed by atoms with Gasteiger partial charge in [0.2, 0.25) is 0 Å². The van der Waals surface area contributed by atoms with Crippen LogP contribution < -0.4 is 11.1 Å². The minimum Gasteiger partial charge on any atom is -0.467 e. The number of amides is 1. The van der Waals surface area contributed by atoms with Crippen molar-refractivity contribution in [2.45, 2.75) is 13.1 Å². The van der Waals surface area contributed by atoms with E-state index in [0.29, 0.717) is 43.6 Å². The fraction of sp³-hybridized carbons (Fsp3) is 0.333. The van der Waals surface area contributed by atoms with E-state index in [1.165, 1.54) is 0 Å². The van der Waals surface area contributed by atoms with Crippen LogP contribution in [0.15, 0.2) is 52.1 Å². The molecule has 25 heavy (non-hydrogen) atoms.